The van der Waals surface area contributed by atoms with Gasteiger partial charge in [0.15, 0.2) is 11.5 Å². The first kappa shape index (κ1) is 12.1. The number of nitrogens with one attached hydrogen (secondary N) is 1. The Morgan fingerprint density at radius 3 is 2.95 bits per heavy atom. The molecule has 1 N–H and O–H groups in total. The molecule has 1 aliphatic heterocycles. The van der Waals surface area contributed by atoms with Crippen molar-refractivity contribution in [3.63, 3.8) is 0 Å². The number of rotatable bonds is 5. The minimum Gasteiger partial charge on any atom is -0.469 e. The first-order valence-electron chi connectivity index (χ1n) is 6.48. The lowest BCUT2D eigenvalue weighted by molar-refractivity contribution is 0.174. The highest BCUT2D eigenvalue weighted by molar-refractivity contribution is 5.45. The van der Waals surface area contributed by atoms with Crippen LogP contribution in [0.4, 0.5) is 0 Å². The van der Waals surface area contributed by atoms with Gasteiger partial charge in [-0.3, -0.25) is 0 Å². The second kappa shape index (κ2) is 5.36. The van der Waals surface area contributed by atoms with Crippen LogP contribution >= 0.6 is 0 Å². The molecule has 2 heterocycles. The van der Waals surface area contributed by atoms with Crippen LogP contribution in [0.5, 0.6) is 11.5 Å². The zero-order chi connectivity index (χ0) is 13.1. The van der Waals surface area contributed by atoms with E-state index in [-0.39, 0.29) is 6.04 Å². The van der Waals surface area contributed by atoms with E-state index in [1.54, 1.807) is 6.26 Å². The van der Waals surface area contributed by atoms with Gasteiger partial charge in [-0.25, -0.2) is 0 Å². The Morgan fingerprint density at radius 2 is 2.11 bits per heavy atom. The summed E-state index contributed by atoms with van der Waals surface area (Å²) in [4.78, 5) is 0. The predicted molar refractivity (Wildman–Crippen MR) is 71.4 cm³/mol. The first-order chi connectivity index (χ1) is 9.33. The molecule has 4 heteroatoms. The molecular formula is C15H17NO3. The minimum absolute atomic E-state index is 0.268. The van der Waals surface area contributed by atoms with E-state index in [9.17, 15) is 0 Å². The van der Waals surface area contributed by atoms with Crippen LogP contribution in [-0.2, 0) is 6.42 Å². The lowest BCUT2D eigenvalue weighted by Gasteiger charge is -2.14. The highest BCUT2D eigenvalue weighted by Gasteiger charge is 2.15. The van der Waals surface area contributed by atoms with Crippen molar-refractivity contribution in [2.75, 3.05) is 13.3 Å². The molecule has 0 spiro atoms. The van der Waals surface area contributed by atoms with Gasteiger partial charge in [-0.2, -0.15) is 0 Å². The van der Waals surface area contributed by atoms with Gasteiger partial charge in [-0.1, -0.05) is 6.07 Å². The van der Waals surface area contributed by atoms with Gasteiger partial charge in [-0.15, -0.1) is 0 Å². The molecule has 4 nitrogen and oxygen atoms in total. The van der Waals surface area contributed by atoms with Crippen LogP contribution in [0.2, 0.25) is 0 Å². The van der Waals surface area contributed by atoms with Gasteiger partial charge in [0.05, 0.1) is 6.26 Å². The van der Waals surface area contributed by atoms with E-state index in [1.807, 2.05) is 24.3 Å². The largest absolute Gasteiger partial charge is 0.469 e. The molecule has 2 aromatic rings. The van der Waals surface area contributed by atoms with Crippen LogP contribution in [-0.4, -0.2) is 13.3 Å². The third-order valence-corrected chi connectivity index (χ3v) is 3.30. The molecule has 0 saturated carbocycles. The lowest BCUT2D eigenvalue weighted by atomic mass is 10.1. The Bertz CT molecular complexity index is 536. The van der Waals surface area contributed by atoms with Crippen molar-refractivity contribution >= 4 is 0 Å². The van der Waals surface area contributed by atoms with Crippen LogP contribution in [0.25, 0.3) is 0 Å². The maximum absolute atomic E-state index is 5.39. The normalized spacial score (nSPS) is 14.6. The second-order valence-corrected chi connectivity index (χ2v) is 4.62. The smallest absolute Gasteiger partial charge is 0.231 e. The molecular weight excluding hydrogens is 242 g/mol. The molecule has 0 bridgehead atoms. The summed E-state index contributed by atoms with van der Waals surface area (Å²) in [5.74, 6) is 2.66. The first-order valence-corrected chi connectivity index (χ1v) is 6.48. The third kappa shape index (κ3) is 2.74. The van der Waals surface area contributed by atoms with Crippen LogP contribution < -0.4 is 14.8 Å². The molecule has 0 radical (unpaired) electrons. The van der Waals surface area contributed by atoms with Crippen molar-refractivity contribution < 1.29 is 13.9 Å². The van der Waals surface area contributed by atoms with Gasteiger partial charge in [0.2, 0.25) is 6.79 Å². The summed E-state index contributed by atoms with van der Waals surface area (Å²) in [6.07, 6.45) is 2.60. The van der Waals surface area contributed by atoms with E-state index < -0.39 is 0 Å². The van der Waals surface area contributed by atoms with Gasteiger partial charge < -0.3 is 19.2 Å². The molecule has 100 valence electrons. The van der Waals surface area contributed by atoms with Crippen molar-refractivity contribution in [1.82, 2.24) is 5.32 Å². The molecule has 19 heavy (non-hydrogen) atoms. The molecule has 1 aliphatic rings. The average Bonchev–Trinajstić information content (AvgIpc) is 3.08. The Labute approximate surface area is 112 Å². The maximum atomic E-state index is 5.39. The SMILES string of the molecule is CC(NCCc1ccco1)c1ccc2c(c1)OCO2. The standard InChI is InChI=1S/C15H17NO3/c1-11(16-7-6-13-3-2-8-17-13)12-4-5-14-15(9-12)19-10-18-14/h2-5,8-9,11,16H,6-7,10H2,1H3. The van der Waals surface area contributed by atoms with Gasteiger partial charge in [0, 0.05) is 19.0 Å². The van der Waals surface area contributed by atoms with Gasteiger partial charge in [0.1, 0.15) is 5.76 Å². The number of benzene rings is 1. The molecule has 1 atom stereocenters. The summed E-state index contributed by atoms with van der Waals surface area (Å²) in [6.45, 7) is 3.34. The zero-order valence-corrected chi connectivity index (χ0v) is 10.9. The number of ether oxygens (including phenoxy) is 2. The molecule has 1 aromatic carbocycles. The fraction of sp³-hybridized carbons (Fsp3) is 0.333. The molecule has 1 aromatic heterocycles. The van der Waals surface area contributed by atoms with E-state index in [2.05, 4.69) is 18.3 Å². The number of fused-ring (bicyclic) bond motifs is 1. The monoisotopic (exact) mass is 259 g/mol. The quantitative estimate of drug-likeness (QED) is 0.896. The summed E-state index contributed by atoms with van der Waals surface area (Å²) >= 11 is 0. The maximum Gasteiger partial charge on any atom is 0.231 e. The summed E-state index contributed by atoms with van der Waals surface area (Å²) in [6, 6.07) is 10.2. The second-order valence-electron chi connectivity index (χ2n) is 4.62. The summed E-state index contributed by atoms with van der Waals surface area (Å²) in [7, 11) is 0. The summed E-state index contributed by atoms with van der Waals surface area (Å²) in [5.41, 5.74) is 1.20. The molecule has 0 fully saturated rings. The number of furan rings is 1. The topological polar surface area (TPSA) is 43.6 Å². The van der Waals surface area contributed by atoms with Gasteiger partial charge in [-0.05, 0) is 36.8 Å². The van der Waals surface area contributed by atoms with Crippen molar-refractivity contribution in [3.05, 3.63) is 47.9 Å². The minimum atomic E-state index is 0.268. The number of hydrogen-bond acceptors (Lipinski definition) is 4. The Kier molecular flexibility index (Phi) is 3.42. The Balaban J connectivity index is 1.56. The fourth-order valence-electron chi connectivity index (χ4n) is 2.17. The highest BCUT2D eigenvalue weighted by Crippen LogP contribution is 2.34. The van der Waals surface area contributed by atoms with E-state index in [0.29, 0.717) is 6.79 Å². The Hall–Kier alpha value is -1.94. The van der Waals surface area contributed by atoms with Crippen LogP contribution in [0.15, 0.2) is 41.0 Å². The Morgan fingerprint density at radius 1 is 1.21 bits per heavy atom. The van der Waals surface area contributed by atoms with Crippen molar-refractivity contribution in [2.45, 2.75) is 19.4 Å². The molecule has 0 saturated heterocycles. The summed E-state index contributed by atoms with van der Waals surface area (Å²) in [5, 5.41) is 3.47. The van der Waals surface area contributed by atoms with Crippen molar-refractivity contribution in [3.8, 4) is 11.5 Å². The molecule has 0 aliphatic carbocycles. The van der Waals surface area contributed by atoms with Crippen LogP contribution in [0.3, 0.4) is 0 Å². The van der Waals surface area contributed by atoms with Crippen LogP contribution in [0.1, 0.15) is 24.3 Å². The van der Waals surface area contributed by atoms with Crippen molar-refractivity contribution in [2.24, 2.45) is 0 Å². The fourth-order valence-corrected chi connectivity index (χ4v) is 2.17. The third-order valence-electron chi connectivity index (χ3n) is 3.30. The van der Waals surface area contributed by atoms with Crippen LogP contribution in [0, 0.1) is 0 Å². The van der Waals surface area contributed by atoms with E-state index in [0.717, 1.165) is 30.2 Å². The van der Waals surface area contributed by atoms with Crippen molar-refractivity contribution in [1.29, 1.82) is 0 Å². The lowest BCUT2D eigenvalue weighted by Crippen LogP contribution is -2.21. The van der Waals surface area contributed by atoms with E-state index >= 15 is 0 Å². The zero-order valence-electron chi connectivity index (χ0n) is 10.9. The van der Waals surface area contributed by atoms with E-state index in [1.165, 1.54) is 5.56 Å². The highest BCUT2D eigenvalue weighted by atomic mass is 16.7. The molecule has 1 unspecified atom stereocenters. The average molecular weight is 259 g/mol. The summed E-state index contributed by atoms with van der Waals surface area (Å²) < 4.78 is 16.0. The van der Waals surface area contributed by atoms with Gasteiger partial charge >= 0.3 is 0 Å². The predicted octanol–water partition coefficient (Wildman–Crippen LogP) is 2.90. The molecule has 3 rings (SSSR count). The number of hydrogen-bond donors (Lipinski definition) is 1. The van der Waals surface area contributed by atoms with E-state index in [4.69, 9.17) is 13.9 Å². The molecule has 0 amide bonds. The van der Waals surface area contributed by atoms with Gasteiger partial charge in [0.25, 0.3) is 0 Å².